The number of ether oxygens (including phenoxy) is 3. The first-order chi connectivity index (χ1) is 29.2. The number of halogens is 3. The topological polar surface area (TPSA) is 252 Å². The number of nitrogens with one attached hydrogen (secondary N) is 2. The normalized spacial score (nSPS) is 13.1. The number of nitrogens with zero attached hydrogens (tertiary/aromatic N) is 5. The average Bonchev–Trinajstić information content (AvgIpc) is 3.20. The van der Waals surface area contributed by atoms with Crippen LogP contribution in [-0.2, 0) is 45.1 Å². The van der Waals surface area contributed by atoms with Gasteiger partial charge in [-0.2, -0.15) is 28.1 Å². The van der Waals surface area contributed by atoms with E-state index in [9.17, 15) is 36.9 Å². The minimum atomic E-state index is -4.84. The van der Waals surface area contributed by atoms with Crippen LogP contribution < -0.4 is 37.1 Å². The summed E-state index contributed by atoms with van der Waals surface area (Å²) in [6.07, 6.45) is -2.96. The molecule has 2 heterocycles. The molecule has 6 N–H and O–H groups in total. The number of carbonyl (C=O) groups is 2. The van der Waals surface area contributed by atoms with E-state index in [1.54, 1.807) is 6.92 Å². The van der Waals surface area contributed by atoms with Crippen LogP contribution in [0.5, 0.6) is 11.5 Å². The molecule has 4 aromatic rings. The van der Waals surface area contributed by atoms with Crippen molar-refractivity contribution in [2.75, 3.05) is 43.4 Å². The average molecular weight is 929 g/mol. The summed E-state index contributed by atoms with van der Waals surface area (Å²) < 4.78 is 67.1. The number of methoxy groups -OCH3 is 1. The number of aliphatic carboxylic acids is 1. The van der Waals surface area contributed by atoms with Gasteiger partial charge in [0, 0.05) is 43.6 Å². The van der Waals surface area contributed by atoms with Crippen LogP contribution in [0.3, 0.4) is 0 Å². The smallest absolute Gasteiger partial charge is 0.431 e. The van der Waals surface area contributed by atoms with E-state index < -0.39 is 54.6 Å². The van der Waals surface area contributed by atoms with Crippen LogP contribution in [0.1, 0.15) is 64.8 Å². The maximum atomic E-state index is 13.1. The Bertz CT molecular complexity index is 2320. The number of benzene rings is 2. The molecule has 0 spiro atoms. The number of rotatable bonds is 16. The number of hydrogen-bond acceptors (Lipinski definition) is 15. The second-order valence-electron chi connectivity index (χ2n) is 14.8. The molecule has 0 saturated heterocycles. The van der Waals surface area contributed by atoms with Gasteiger partial charge >= 0.3 is 23.8 Å². The van der Waals surface area contributed by atoms with E-state index >= 15 is 0 Å². The van der Waals surface area contributed by atoms with E-state index in [1.807, 2.05) is 38.3 Å². The van der Waals surface area contributed by atoms with Gasteiger partial charge in [0.25, 0.3) is 5.56 Å². The fraction of sp³-hybridized carbons (Fsp3) is 0.475. The third kappa shape index (κ3) is 18.1. The molecule has 0 saturated carbocycles. The first kappa shape index (κ1) is 53.7. The molecular weight excluding hydrogens is 873 g/mol. The lowest BCUT2D eigenvalue weighted by Crippen LogP contribution is -2.40. The van der Waals surface area contributed by atoms with Crippen LogP contribution in [0.15, 0.2) is 63.3 Å². The van der Waals surface area contributed by atoms with Crippen molar-refractivity contribution < 1.29 is 51.5 Å². The number of alkyl halides is 3. The molecule has 3 unspecified atom stereocenters. The molecule has 348 valence electrons. The van der Waals surface area contributed by atoms with Gasteiger partial charge in [-0.15, -0.1) is 0 Å². The van der Waals surface area contributed by atoms with E-state index in [1.165, 1.54) is 49.8 Å². The molecule has 0 radical (unpaired) electrons. The first-order valence-electron chi connectivity index (χ1n) is 19.3. The molecule has 4 rings (SSSR count). The van der Waals surface area contributed by atoms with Crippen molar-refractivity contribution in [3.8, 4) is 17.2 Å². The summed E-state index contributed by atoms with van der Waals surface area (Å²) in [6.45, 7) is 13.8. The Balaban J connectivity index is 0.000000414. The van der Waals surface area contributed by atoms with Crippen molar-refractivity contribution in [2.45, 2.75) is 90.0 Å². The summed E-state index contributed by atoms with van der Waals surface area (Å²) in [5.41, 5.74) is 3.23. The zero-order valence-corrected chi connectivity index (χ0v) is 38.5. The van der Waals surface area contributed by atoms with Gasteiger partial charge in [0.15, 0.2) is 18.6 Å². The predicted octanol–water partition coefficient (Wildman–Crippen LogP) is 5.56. The predicted molar refractivity (Wildman–Crippen MR) is 235 cm³/mol. The van der Waals surface area contributed by atoms with Gasteiger partial charge in [-0.3, -0.25) is 18.7 Å². The zero-order valence-electron chi connectivity index (χ0n) is 36.8. The quantitative estimate of drug-likeness (QED) is 0.0524. The first-order valence-corrected chi connectivity index (χ1v) is 22.8. The van der Waals surface area contributed by atoms with Gasteiger partial charge in [-0.25, -0.2) is 14.2 Å². The number of carboxylic acid groups (broad SMARTS) is 1. The number of thioether (sulfide) groups is 1. The minimum absolute atomic E-state index is 0.0412. The van der Waals surface area contributed by atoms with Crippen molar-refractivity contribution in [3.05, 3.63) is 86.2 Å². The van der Waals surface area contributed by atoms with E-state index in [2.05, 4.69) is 46.4 Å². The van der Waals surface area contributed by atoms with Gasteiger partial charge in [0.05, 0.1) is 12.8 Å². The zero-order chi connectivity index (χ0) is 47.9. The summed E-state index contributed by atoms with van der Waals surface area (Å²) >= 11 is 1.51. The highest BCUT2D eigenvalue weighted by molar-refractivity contribution is 7.98. The summed E-state index contributed by atoms with van der Waals surface area (Å²) in [7, 11) is -0.884. The molecule has 0 aliphatic rings. The lowest BCUT2D eigenvalue weighted by Gasteiger charge is -2.20. The Hall–Kier alpha value is -5.44. The number of anilines is 2. The summed E-state index contributed by atoms with van der Waals surface area (Å²) in [6, 6.07) is 10.6. The lowest BCUT2D eigenvalue weighted by atomic mass is 10.1. The third-order valence-corrected chi connectivity index (χ3v) is 9.90. The van der Waals surface area contributed by atoms with Crippen LogP contribution in [0.2, 0.25) is 0 Å². The molecule has 0 aliphatic carbocycles. The number of carbonyl (C=O) groups excluding carboxylic acids is 1. The molecule has 0 fully saturated rings. The van der Waals surface area contributed by atoms with Gasteiger partial charge in [0.2, 0.25) is 11.9 Å². The maximum absolute atomic E-state index is 13.1. The Labute approximate surface area is 367 Å². The fourth-order valence-corrected chi connectivity index (χ4v) is 6.13. The molecule has 2 aromatic heterocycles. The molecular formula is C40H56F3N8O10PS. The van der Waals surface area contributed by atoms with E-state index in [4.69, 9.17) is 29.9 Å². The van der Waals surface area contributed by atoms with E-state index in [-0.39, 0.29) is 30.4 Å². The molecule has 2 aromatic carbocycles. The molecule has 63 heavy (non-hydrogen) atoms. The Kier molecular flexibility index (Phi) is 20.3. The van der Waals surface area contributed by atoms with Gasteiger partial charge < -0.3 is 40.6 Å². The number of nitrogens with two attached hydrogens (primary N) is 1. The number of hydrogen-bond donors (Lipinski definition) is 5. The van der Waals surface area contributed by atoms with Crippen LogP contribution in [0.4, 0.5) is 25.1 Å². The number of esters is 1. The van der Waals surface area contributed by atoms with Gasteiger partial charge in [0.1, 0.15) is 29.8 Å². The highest BCUT2D eigenvalue weighted by Crippen LogP contribution is 2.35. The standard InChI is InChI=1S/C25H25F3N2O6.C10H19N5S.C5H12NO4P/c1-5-16-6-7-17(20(12-16)36-15(2)23(32)34-4)14-35-19-10-8-18(9-11-19)30-22(31)13-21(25(26,27)28)29(3)24(30)33;1-6-11-7-12-8(15-10(2,3)4)14-9(13-7)16-5;1-11(9,10)3-2-4(6)5(7)8/h6-13,15H,5,14H2,1-4H3;6H2,1-5H3,(H2,11,12,13,14,15);4H,2-3,6H2,1H3,(H,7,8)(H,9,10). The van der Waals surface area contributed by atoms with E-state index in [0.717, 1.165) is 30.7 Å². The van der Waals surface area contributed by atoms with Crippen LogP contribution >= 0.6 is 19.1 Å². The van der Waals surface area contributed by atoms with E-state index in [0.29, 0.717) is 44.2 Å². The highest BCUT2D eigenvalue weighted by Gasteiger charge is 2.35. The maximum Gasteiger partial charge on any atom is 0.431 e. The monoisotopic (exact) mass is 928 g/mol. The van der Waals surface area contributed by atoms with Crippen molar-refractivity contribution in [2.24, 2.45) is 12.8 Å². The van der Waals surface area contributed by atoms with Crippen molar-refractivity contribution in [3.63, 3.8) is 0 Å². The van der Waals surface area contributed by atoms with Crippen LogP contribution in [0.25, 0.3) is 5.69 Å². The van der Waals surface area contributed by atoms with Crippen LogP contribution in [0, 0.1) is 0 Å². The third-order valence-electron chi connectivity index (χ3n) is 8.27. The molecule has 0 bridgehead atoms. The Morgan fingerprint density at radius 1 is 1.02 bits per heavy atom. The highest BCUT2D eigenvalue weighted by atomic mass is 32.2. The van der Waals surface area contributed by atoms with Crippen molar-refractivity contribution in [1.29, 1.82) is 0 Å². The largest absolute Gasteiger partial charge is 0.489 e. The Morgan fingerprint density at radius 3 is 2.14 bits per heavy atom. The SMILES string of the molecule is CCNc1nc(NC(C)(C)C)nc(SC)n1.CCc1ccc(COc2ccc(-n3c(=O)cc(C(F)(F)F)n(C)c3=O)cc2)c(OC(C)C(=O)OC)c1.CP(=O)(O)CCC(N)C(=O)O. The molecule has 0 amide bonds. The summed E-state index contributed by atoms with van der Waals surface area (Å²) in [4.78, 5) is 68.2. The summed E-state index contributed by atoms with van der Waals surface area (Å²) in [5.74, 6) is 0.407. The van der Waals surface area contributed by atoms with Crippen molar-refractivity contribution >= 4 is 43.0 Å². The molecule has 3 atom stereocenters. The van der Waals surface area contributed by atoms with Gasteiger partial charge in [-0.05, 0) is 89.6 Å². The minimum Gasteiger partial charge on any atom is -0.489 e. The second-order valence-corrected chi connectivity index (χ2v) is 18.1. The van der Waals surface area contributed by atoms with Gasteiger partial charge in [-0.1, -0.05) is 30.8 Å². The Morgan fingerprint density at radius 2 is 1.63 bits per heavy atom. The fourth-order valence-electron chi connectivity index (χ4n) is 5.02. The molecule has 18 nitrogen and oxygen atoms in total. The number of aromatic nitrogens is 5. The lowest BCUT2D eigenvalue weighted by molar-refractivity contribution is -0.148. The molecule has 23 heteroatoms. The second kappa shape index (κ2) is 23.9. The van der Waals surface area contributed by atoms with Crippen molar-refractivity contribution in [1.82, 2.24) is 24.1 Å². The van der Waals surface area contributed by atoms with Crippen LogP contribution in [-0.4, -0.2) is 96.4 Å². The number of aryl methyl sites for hydroxylation is 1. The summed E-state index contributed by atoms with van der Waals surface area (Å²) in [5, 5.41) is 15.3. The molecule has 0 aliphatic heterocycles. The number of carboxylic acids is 1.